The van der Waals surface area contributed by atoms with Crippen LogP contribution in [0.3, 0.4) is 0 Å². The molecule has 0 radical (unpaired) electrons. The summed E-state index contributed by atoms with van der Waals surface area (Å²) in [5, 5.41) is 10.1. The molecule has 0 fully saturated rings. The van der Waals surface area contributed by atoms with Gasteiger partial charge in [-0.05, 0) is 56.2 Å². The van der Waals surface area contributed by atoms with E-state index in [1.165, 1.54) is 0 Å². The van der Waals surface area contributed by atoms with Crippen molar-refractivity contribution in [2.75, 3.05) is 0 Å². The van der Waals surface area contributed by atoms with Crippen LogP contribution in [0.2, 0.25) is 0 Å². The Bertz CT molecular complexity index is 1200. The Labute approximate surface area is 186 Å². The molecule has 2 aromatic carbocycles. The molecule has 1 heterocycles. The van der Waals surface area contributed by atoms with Crippen LogP contribution in [0.4, 0.5) is 17.6 Å². The van der Waals surface area contributed by atoms with Gasteiger partial charge in [-0.15, -0.1) is 13.2 Å². The molecule has 0 bridgehead atoms. The number of alkyl halides is 3. The number of hydrogen-bond acceptors (Lipinski definition) is 5. The van der Waals surface area contributed by atoms with Gasteiger partial charge in [0.2, 0.25) is 0 Å². The van der Waals surface area contributed by atoms with Crippen LogP contribution in [0, 0.1) is 12.7 Å². The molecule has 0 amide bonds. The maximum atomic E-state index is 14.1. The number of rotatable bonds is 6. The standard InChI is InChI=1S/C23H21F4NO5/c1-4-12(2)32-21(30)10-16-13(3)28(19-11-18(24)20(29)9-17(16)19)22(31)14-5-7-15(8-6-14)33-23(25,26)27/h5-9,11-12,29H,4,10H2,1-3H3. The van der Waals surface area contributed by atoms with Crippen LogP contribution in [-0.4, -0.2) is 34.0 Å². The zero-order chi connectivity index (χ0) is 24.5. The maximum Gasteiger partial charge on any atom is 0.573 e. The van der Waals surface area contributed by atoms with Gasteiger partial charge in [0, 0.05) is 22.7 Å². The topological polar surface area (TPSA) is 77.8 Å². The summed E-state index contributed by atoms with van der Waals surface area (Å²) in [6.45, 7) is 5.12. The Balaban J connectivity index is 2.05. The Hall–Kier alpha value is -3.56. The predicted molar refractivity (Wildman–Crippen MR) is 111 cm³/mol. The van der Waals surface area contributed by atoms with Crippen molar-refractivity contribution in [2.45, 2.75) is 46.1 Å². The number of carbonyl (C=O) groups excluding carboxylic acids is 2. The lowest BCUT2D eigenvalue weighted by molar-refractivity contribution is -0.274. The van der Waals surface area contributed by atoms with E-state index >= 15 is 0 Å². The van der Waals surface area contributed by atoms with Gasteiger partial charge in [-0.2, -0.15) is 0 Å². The molecule has 3 rings (SSSR count). The molecule has 1 N–H and O–H groups in total. The van der Waals surface area contributed by atoms with Gasteiger partial charge < -0.3 is 14.6 Å². The molecule has 0 aliphatic carbocycles. The Kier molecular flexibility index (Phi) is 6.66. The highest BCUT2D eigenvalue weighted by atomic mass is 19.4. The molecule has 33 heavy (non-hydrogen) atoms. The Morgan fingerprint density at radius 2 is 1.79 bits per heavy atom. The SMILES string of the molecule is CCC(C)OC(=O)Cc1c(C)n(C(=O)c2ccc(OC(F)(F)F)cc2)c2cc(F)c(O)cc12. The van der Waals surface area contributed by atoms with E-state index in [2.05, 4.69) is 4.74 Å². The molecular formula is C23H21F4NO5. The van der Waals surface area contributed by atoms with Crippen LogP contribution < -0.4 is 4.74 Å². The van der Waals surface area contributed by atoms with Crippen LogP contribution in [0.25, 0.3) is 10.9 Å². The van der Waals surface area contributed by atoms with Gasteiger partial charge >= 0.3 is 12.3 Å². The Morgan fingerprint density at radius 1 is 1.15 bits per heavy atom. The van der Waals surface area contributed by atoms with Crippen LogP contribution in [0.1, 0.15) is 41.9 Å². The fourth-order valence-corrected chi connectivity index (χ4v) is 3.40. The highest BCUT2D eigenvalue weighted by molar-refractivity contribution is 6.05. The van der Waals surface area contributed by atoms with Crippen molar-refractivity contribution in [2.24, 2.45) is 0 Å². The van der Waals surface area contributed by atoms with Gasteiger partial charge in [0.05, 0.1) is 18.0 Å². The molecule has 0 saturated heterocycles. The fourth-order valence-electron chi connectivity index (χ4n) is 3.40. The number of aromatic hydroxyl groups is 1. The second-order valence-electron chi connectivity index (χ2n) is 7.48. The third kappa shape index (κ3) is 5.27. The third-order valence-corrected chi connectivity index (χ3v) is 5.17. The number of fused-ring (bicyclic) bond motifs is 1. The number of carbonyl (C=O) groups is 2. The molecule has 0 aliphatic rings. The van der Waals surface area contributed by atoms with Crippen molar-refractivity contribution in [1.29, 1.82) is 0 Å². The van der Waals surface area contributed by atoms with Gasteiger partial charge in [0.15, 0.2) is 11.6 Å². The zero-order valence-corrected chi connectivity index (χ0v) is 18.0. The number of nitrogens with zero attached hydrogens (tertiary/aromatic N) is 1. The summed E-state index contributed by atoms with van der Waals surface area (Å²) in [5.74, 6) is -3.36. The van der Waals surface area contributed by atoms with Crippen LogP contribution >= 0.6 is 0 Å². The lowest BCUT2D eigenvalue weighted by Crippen LogP contribution is -2.18. The van der Waals surface area contributed by atoms with Crippen molar-refractivity contribution in [3.63, 3.8) is 0 Å². The van der Waals surface area contributed by atoms with E-state index in [4.69, 9.17) is 4.74 Å². The minimum Gasteiger partial charge on any atom is -0.505 e. The molecule has 1 atom stereocenters. The molecule has 0 saturated carbocycles. The minimum atomic E-state index is -4.88. The van der Waals surface area contributed by atoms with E-state index in [0.717, 1.165) is 41.0 Å². The van der Waals surface area contributed by atoms with E-state index in [0.29, 0.717) is 17.7 Å². The predicted octanol–water partition coefficient (Wildman–Crippen LogP) is 5.27. The molecule has 1 aromatic heterocycles. The van der Waals surface area contributed by atoms with E-state index in [9.17, 15) is 32.3 Å². The maximum absolute atomic E-state index is 14.1. The van der Waals surface area contributed by atoms with E-state index in [1.54, 1.807) is 13.8 Å². The van der Waals surface area contributed by atoms with Crippen molar-refractivity contribution in [3.8, 4) is 11.5 Å². The highest BCUT2D eigenvalue weighted by Gasteiger charge is 2.31. The van der Waals surface area contributed by atoms with Gasteiger partial charge in [0.1, 0.15) is 5.75 Å². The van der Waals surface area contributed by atoms with Gasteiger partial charge in [-0.3, -0.25) is 14.2 Å². The quantitative estimate of drug-likeness (QED) is 0.395. The van der Waals surface area contributed by atoms with Crippen LogP contribution in [0.15, 0.2) is 36.4 Å². The second-order valence-corrected chi connectivity index (χ2v) is 7.48. The second kappa shape index (κ2) is 9.13. The van der Waals surface area contributed by atoms with Crippen molar-refractivity contribution < 1.29 is 41.7 Å². The van der Waals surface area contributed by atoms with Crippen LogP contribution in [-0.2, 0) is 16.0 Å². The summed E-state index contributed by atoms with van der Waals surface area (Å²) in [4.78, 5) is 25.6. The fraction of sp³-hybridized carbons (Fsp3) is 0.304. The molecule has 176 valence electrons. The largest absolute Gasteiger partial charge is 0.573 e. The molecule has 0 spiro atoms. The number of halogens is 4. The lowest BCUT2D eigenvalue weighted by atomic mass is 10.1. The van der Waals surface area contributed by atoms with Crippen molar-refractivity contribution >= 4 is 22.8 Å². The first-order valence-electron chi connectivity index (χ1n) is 10.0. The minimum absolute atomic E-state index is 0.00624. The highest BCUT2D eigenvalue weighted by Crippen LogP contribution is 2.32. The molecule has 10 heteroatoms. The third-order valence-electron chi connectivity index (χ3n) is 5.17. The van der Waals surface area contributed by atoms with E-state index < -0.39 is 35.6 Å². The van der Waals surface area contributed by atoms with Crippen LogP contribution in [0.5, 0.6) is 11.5 Å². The normalized spacial score (nSPS) is 12.6. The average molecular weight is 467 g/mol. The number of ether oxygens (including phenoxy) is 2. The summed E-state index contributed by atoms with van der Waals surface area (Å²) in [7, 11) is 0. The number of phenolic OH excluding ortho intramolecular Hbond substituents is 1. The zero-order valence-electron chi connectivity index (χ0n) is 18.0. The smallest absolute Gasteiger partial charge is 0.505 e. The summed E-state index contributed by atoms with van der Waals surface area (Å²) in [6, 6.07) is 6.33. The first-order chi connectivity index (χ1) is 15.4. The summed E-state index contributed by atoms with van der Waals surface area (Å²) in [5.41, 5.74) is 0.761. The molecule has 0 aliphatic heterocycles. The average Bonchev–Trinajstić information content (AvgIpc) is 2.97. The number of aromatic nitrogens is 1. The van der Waals surface area contributed by atoms with Crippen molar-refractivity contribution in [1.82, 2.24) is 4.57 Å². The van der Waals surface area contributed by atoms with Crippen molar-refractivity contribution in [3.05, 3.63) is 59.0 Å². The van der Waals surface area contributed by atoms with Gasteiger partial charge in [-0.1, -0.05) is 6.92 Å². The first-order valence-corrected chi connectivity index (χ1v) is 10.0. The first kappa shape index (κ1) is 24.1. The lowest BCUT2D eigenvalue weighted by Gasteiger charge is -2.11. The Morgan fingerprint density at radius 3 is 2.36 bits per heavy atom. The molecular weight excluding hydrogens is 446 g/mol. The summed E-state index contributed by atoms with van der Waals surface area (Å²) >= 11 is 0. The number of hydrogen-bond donors (Lipinski definition) is 1. The van der Waals surface area contributed by atoms with E-state index in [1.807, 2.05) is 6.92 Å². The molecule has 3 aromatic rings. The summed E-state index contributed by atoms with van der Waals surface area (Å²) in [6.07, 6.45) is -4.82. The monoisotopic (exact) mass is 467 g/mol. The molecule has 1 unspecified atom stereocenters. The number of esters is 1. The number of benzene rings is 2. The molecule has 6 nitrogen and oxygen atoms in total. The summed E-state index contributed by atoms with van der Waals surface area (Å²) < 4.78 is 61.5. The van der Waals surface area contributed by atoms with E-state index in [-0.39, 0.29) is 29.0 Å². The van der Waals surface area contributed by atoms with Gasteiger partial charge in [-0.25, -0.2) is 4.39 Å². The number of phenols is 1. The van der Waals surface area contributed by atoms with Gasteiger partial charge in [0.25, 0.3) is 5.91 Å².